The van der Waals surface area contributed by atoms with Crippen LogP contribution in [0.1, 0.15) is 31.9 Å². The number of nitrogens with zero attached hydrogens (tertiary/aromatic N) is 1. The number of halogens is 1. The summed E-state index contributed by atoms with van der Waals surface area (Å²) in [7, 11) is 0. The van der Waals surface area contributed by atoms with Crippen molar-refractivity contribution in [1.82, 2.24) is 4.90 Å². The molecule has 1 aliphatic rings. The van der Waals surface area contributed by atoms with Gasteiger partial charge in [0, 0.05) is 18.6 Å². The second-order valence-corrected chi connectivity index (χ2v) is 5.42. The number of aliphatic hydroxyl groups excluding tert-OH is 1. The zero-order chi connectivity index (χ0) is 13.9. The van der Waals surface area contributed by atoms with E-state index >= 15 is 0 Å². The summed E-state index contributed by atoms with van der Waals surface area (Å²) in [6.07, 6.45) is 0.382. The zero-order valence-electron chi connectivity index (χ0n) is 11.6. The third-order valence-electron chi connectivity index (χ3n) is 4.09. The molecule has 1 heterocycles. The second kappa shape index (κ2) is 5.99. The van der Waals surface area contributed by atoms with Crippen LogP contribution in [0.4, 0.5) is 4.39 Å². The Bertz CT molecular complexity index is 409. The van der Waals surface area contributed by atoms with Crippen molar-refractivity contribution in [3.8, 4) is 0 Å². The van der Waals surface area contributed by atoms with Gasteiger partial charge in [0.1, 0.15) is 5.82 Å². The van der Waals surface area contributed by atoms with Crippen LogP contribution in [0, 0.1) is 5.82 Å². The predicted octanol–water partition coefficient (Wildman–Crippen LogP) is 2.36. The number of aliphatic hydroxyl groups is 1. The summed E-state index contributed by atoms with van der Waals surface area (Å²) in [5.41, 5.74) is 0.727. The number of benzene rings is 1. The van der Waals surface area contributed by atoms with Crippen molar-refractivity contribution in [3.63, 3.8) is 0 Å². The molecule has 0 saturated carbocycles. The lowest BCUT2D eigenvalue weighted by Gasteiger charge is -2.45. The molecule has 2 rings (SSSR count). The van der Waals surface area contributed by atoms with Crippen molar-refractivity contribution < 1.29 is 14.2 Å². The maximum absolute atomic E-state index is 12.9. The Kier molecular flexibility index (Phi) is 4.55. The summed E-state index contributed by atoms with van der Waals surface area (Å²) < 4.78 is 18.4. The van der Waals surface area contributed by atoms with Gasteiger partial charge in [-0.05, 0) is 31.0 Å². The lowest BCUT2D eigenvalue weighted by molar-refractivity contribution is -0.0767. The Morgan fingerprint density at radius 3 is 2.74 bits per heavy atom. The van der Waals surface area contributed by atoms with Gasteiger partial charge in [0.2, 0.25) is 0 Å². The summed E-state index contributed by atoms with van der Waals surface area (Å²) in [5, 5.41) is 10.3. The molecule has 0 radical (unpaired) electrons. The highest BCUT2D eigenvalue weighted by atomic mass is 19.1. The summed E-state index contributed by atoms with van der Waals surface area (Å²) in [6.45, 7) is 7.06. The fourth-order valence-electron chi connectivity index (χ4n) is 2.46. The molecule has 0 aromatic heterocycles. The number of morpholine rings is 1. The fourth-order valence-corrected chi connectivity index (χ4v) is 2.46. The molecule has 19 heavy (non-hydrogen) atoms. The van der Waals surface area contributed by atoms with Crippen LogP contribution in [0.15, 0.2) is 24.3 Å². The molecule has 1 aromatic rings. The van der Waals surface area contributed by atoms with Gasteiger partial charge in [-0.3, -0.25) is 4.90 Å². The molecule has 2 atom stereocenters. The van der Waals surface area contributed by atoms with Gasteiger partial charge in [-0.2, -0.15) is 0 Å². The average molecular weight is 267 g/mol. The van der Waals surface area contributed by atoms with E-state index in [-0.39, 0.29) is 11.4 Å². The first-order valence-electron chi connectivity index (χ1n) is 6.81. The van der Waals surface area contributed by atoms with Gasteiger partial charge in [0.25, 0.3) is 0 Å². The van der Waals surface area contributed by atoms with E-state index in [1.165, 1.54) is 12.1 Å². The highest BCUT2D eigenvalue weighted by Gasteiger charge is 2.34. The fraction of sp³-hybridized carbons (Fsp3) is 0.600. The molecule has 0 bridgehead atoms. The molecule has 3 nitrogen and oxygen atoms in total. The highest BCUT2D eigenvalue weighted by Crippen LogP contribution is 2.26. The number of hydrogen-bond donors (Lipinski definition) is 1. The van der Waals surface area contributed by atoms with E-state index in [0.717, 1.165) is 18.5 Å². The standard InChI is InChI=1S/C15H22FNO2/c1-3-15(2)11-19-9-8-17(15)10-14(18)12-4-6-13(16)7-5-12/h4-7,14,18H,3,8-11H2,1-2H3/t14-,15-/m1/s1. The lowest BCUT2D eigenvalue weighted by Crippen LogP contribution is -2.55. The summed E-state index contributed by atoms with van der Waals surface area (Å²) >= 11 is 0. The molecular formula is C15H22FNO2. The minimum Gasteiger partial charge on any atom is -0.387 e. The van der Waals surface area contributed by atoms with Crippen LogP contribution in [0.5, 0.6) is 0 Å². The van der Waals surface area contributed by atoms with Crippen LogP contribution in [0.25, 0.3) is 0 Å². The molecule has 4 heteroatoms. The summed E-state index contributed by atoms with van der Waals surface area (Å²) in [6, 6.07) is 6.06. The van der Waals surface area contributed by atoms with Crippen molar-refractivity contribution in [2.75, 3.05) is 26.3 Å². The van der Waals surface area contributed by atoms with E-state index in [1.807, 2.05) is 0 Å². The van der Waals surface area contributed by atoms with Crippen LogP contribution < -0.4 is 0 Å². The largest absolute Gasteiger partial charge is 0.387 e. The van der Waals surface area contributed by atoms with Gasteiger partial charge in [0.05, 0.1) is 19.3 Å². The Balaban J connectivity index is 2.04. The molecule has 1 N–H and O–H groups in total. The van der Waals surface area contributed by atoms with E-state index < -0.39 is 6.10 Å². The van der Waals surface area contributed by atoms with E-state index in [2.05, 4.69) is 18.7 Å². The maximum atomic E-state index is 12.9. The van der Waals surface area contributed by atoms with Crippen LogP contribution >= 0.6 is 0 Å². The van der Waals surface area contributed by atoms with Crippen LogP contribution in [-0.4, -0.2) is 41.8 Å². The minimum atomic E-state index is -0.593. The topological polar surface area (TPSA) is 32.7 Å². The summed E-state index contributed by atoms with van der Waals surface area (Å²) in [5.74, 6) is -0.277. The molecular weight excluding hydrogens is 245 g/mol. The predicted molar refractivity (Wildman–Crippen MR) is 72.4 cm³/mol. The zero-order valence-corrected chi connectivity index (χ0v) is 11.6. The third-order valence-corrected chi connectivity index (χ3v) is 4.09. The van der Waals surface area contributed by atoms with Crippen LogP contribution in [0.2, 0.25) is 0 Å². The lowest BCUT2D eigenvalue weighted by atomic mass is 9.95. The second-order valence-electron chi connectivity index (χ2n) is 5.42. The number of hydrogen-bond acceptors (Lipinski definition) is 3. The van der Waals surface area contributed by atoms with Gasteiger partial charge < -0.3 is 9.84 Å². The third kappa shape index (κ3) is 3.32. The first-order valence-corrected chi connectivity index (χ1v) is 6.81. The Morgan fingerprint density at radius 2 is 2.11 bits per heavy atom. The maximum Gasteiger partial charge on any atom is 0.123 e. The number of ether oxygens (including phenoxy) is 1. The first-order chi connectivity index (χ1) is 9.05. The van der Waals surface area contributed by atoms with Crippen LogP contribution in [-0.2, 0) is 4.74 Å². The Labute approximate surface area is 114 Å². The first kappa shape index (κ1) is 14.4. The number of rotatable bonds is 4. The van der Waals surface area contributed by atoms with E-state index in [4.69, 9.17) is 4.74 Å². The molecule has 1 aliphatic heterocycles. The normalized spacial score (nSPS) is 26.3. The van der Waals surface area contributed by atoms with E-state index in [0.29, 0.717) is 19.8 Å². The molecule has 106 valence electrons. The Morgan fingerprint density at radius 1 is 1.42 bits per heavy atom. The van der Waals surface area contributed by atoms with E-state index in [9.17, 15) is 9.50 Å². The van der Waals surface area contributed by atoms with Gasteiger partial charge in [0.15, 0.2) is 0 Å². The van der Waals surface area contributed by atoms with Crippen molar-refractivity contribution in [1.29, 1.82) is 0 Å². The Hall–Kier alpha value is -0.970. The molecule has 0 spiro atoms. The van der Waals surface area contributed by atoms with Gasteiger partial charge in [-0.15, -0.1) is 0 Å². The SMILES string of the molecule is CC[C@]1(C)COCCN1C[C@@H](O)c1ccc(F)cc1. The van der Waals surface area contributed by atoms with Gasteiger partial charge in [-0.25, -0.2) is 4.39 Å². The summed E-state index contributed by atoms with van der Waals surface area (Å²) in [4.78, 5) is 2.27. The van der Waals surface area contributed by atoms with Crippen LogP contribution in [0.3, 0.4) is 0 Å². The monoisotopic (exact) mass is 267 g/mol. The molecule has 1 fully saturated rings. The van der Waals surface area contributed by atoms with Crippen molar-refractivity contribution in [3.05, 3.63) is 35.6 Å². The van der Waals surface area contributed by atoms with Crippen molar-refractivity contribution in [2.24, 2.45) is 0 Å². The van der Waals surface area contributed by atoms with E-state index in [1.54, 1.807) is 12.1 Å². The molecule has 1 aromatic carbocycles. The van der Waals surface area contributed by atoms with Crippen molar-refractivity contribution in [2.45, 2.75) is 31.9 Å². The van der Waals surface area contributed by atoms with Gasteiger partial charge >= 0.3 is 0 Å². The minimum absolute atomic E-state index is 0.0285. The van der Waals surface area contributed by atoms with Crippen molar-refractivity contribution >= 4 is 0 Å². The molecule has 1 saturated heterocycles. The molecule has 0 unspecified atom stereocenters. The molecule has 0 aliphatic carbocycles. The highest BCUT2D eigenvalue weighted by molar-refractivity contribution is 5.19. The van der Waals surface area contributed by atoms with Gasteiger partial charge in [-0.1, -0.05) is 19.1 Å². The molecule has 0 amide bonds. The quantitative estimate of drug-likeness (QED) is 0.909. The number of β-amino-alcohol motifs (C(OH)–C–C–N with tert-alkyl or cyclic N) is 1. The average Bonchev–Trinajstić information content (AvgIpc) is 2.42. The smallest absolute Gasteiger partial charge is 0.123 e.